The lowest BCUT2D eigenvalue weighted by Crippen LogP contribution is -2.52. The molecule has 0 N–H and O–H groups in total. The Balaban J connectivity index is 1.76. The van der Waals surface area contributed by atoms with Crippen LogP contribution in [0.5, 0.6) is 0 Å². The summed E-state index contributed by atoms with van der Waals surface area (Å²) in [5.41, 5.74) is 0.354. The molecule has 4 nitrogen and oxygen atoms in total. The highest BCUT2D eigenvalue weighted by Gasteiger charge is 2.44. The summed E-state index contributed by atoms with van der Waals surface area (Å²) in [5, 5.41) is 0. The molecule has 5 heteroatoms. The third-order valence-electron chi connectivity index (χ3n) is 4.62. The molecular weight excluding hydrogens is 257 g/mol. The van der Waals surface area contributed by atoms with Crippen LogP contribution in [-0.2, 0) is 0 Å². The number of pyridine rings is 1. The predicted molar refractivity (Wildman–Crippen MR) is 73.8 cm³/mol. The molecule has 108 valence electrons. The van der Waals surface area contributed by atoms with E-state index in [2.05, 4.69) is 24.0 Å². The van der Waals surface area contributed by atoms with E-state index in [1.807, 2.05) is 4.90 Å². The second-order valence-electron chi connectivity index (χ2n) is 6.15. The van der Waals surface area contributed by atoms with Gasteiger partial charge >= 0.3 is 0 Å². The standard InChI is InChI=1S/C15H20FN3O/c1-18(2)14-10-3-4-11(14)9-19(8-10)15(20)12-5-13(16)7-17-6-12/h5-7,10-11,14H,3-4,8-9H2,1-2H3/t10-,11+,14?. The Morgan fingerprint density at radius 3 is 2.50 bits per heavy atom. The second-order valence-corrected chi connectivity index (χ2v) is 6.15. The summed E-state index contributed by atoms with van der Waals surface area (Å²) in [7, 11) is 4.23. The fourth-order valence-corrected chi connectivity index (χ4v) is 3.91. The number of amides is 1. The van der Waals surface area contributed by atoms with E-state index in [0.29, 0.717) is 23.4 Å². The molecule has 0 spiro atoms. The maximum absolute atomic E-state index is 13.2. The molecule has 0 radical (unpaired) electrons. The summed E-state index contributed by atoms with van der Waals surface area (Å²) < 4.78 is 13.2. The van der Waals surface area contributed by atoms with E-state index in [1.54, 1.807) is 0 Å². The second kappa shape index (κ2) is 5.13. The molecule has 1 aliphatic carbocycles. The van der Waals surface area contributed by atoms with Crippen molar-refractivity contribution in [2.45, 2.75) is 18.9 Å². The van der Waals surface area contributed by atoms with Gasteiger partial charge in [0.25, 0.3) is 5.91 Å². The molecule has 1 aromatic rings. The zero-order valence-electron chi connectivity index (χ0n) is 11.9. The summed E-state index contributed by atoms with van der Waals surface area (Å²) in [6.45, 7) is 1.55. The quantitative estimate of drug-likeness (QED) is 0.824. The van der Waals surface area contributed by atoms with Crippen molar-refractivity contribution < 1.29 is 9.18 Å². The number of carbonyl (C=O) groups is 1. The molecule has 3 atom stereocenters. The van der Waals surface area contributed by atoms with Gasteiger partial charge in [0.05, 0.1) is 11.8 Å². The van der Waals surface area contributed by atoms with Crippen molar-refractivity contribution in [2.75, 3.05) is 27.2 Å². The van der Waals surface area contributed by atoms with Gasteiger partial charge in [0.15, 0.2) is 0 Å². The monoisotopic (exact) mass is 277 g/mol. The Labute approximate surface area is 118 Å². The number of nitrogens with zero attached hydrogens (tertiary/aromatic N) is 3. The number of piperidine rings is 1. The lowest BCUT2D eigenvalue weighted by molar-refractivity contribution is 0.0487. The van der Waals surface area contributed by atoms with Crippen molar-refractivity contribution >= 4 is 5.91 Å². The highest BCUT2D eigenvalue weighted by molar-refractivity contribution is 5.94. The van der Waals surface area contributed by atoms with Crippen LogP contribution in [0.15, 0.2) is 18.5 Å². The first-order chi connectivity index (χ1) is 9.56. The van der Waals surface area contributed by atoms with Crippen molar-refractivity contribution in [1.82, 2.24) is 14.8 Å². The van der Waals surface area contributed by atoms with Crippen molar-refractivity contribution in [3.8, 4) is 0 Å². The number of halogens is 1. The summed E-state index contributed by atoms with van der Waals surface area (Å²) >= 11 is 0. The minimum Gasteiger partial charge on any atom is -0.338 e. The molecule has 1 unspecified atom stereocenters. The molecule has 3 rings (SSSR count). The Bertz CT molecular complexity index is 506. The lowest BCUT2D eigenvalue weighted by atomic mass is 9.91. The Hall–Kier alpha value is -1.49. The van der Waals surface area contributed by atoms with Gasteiger partial charge in [0, 0.05) is 25.3 Å². The first-order valence-corrected chi connectivity index (χ1v) is 7.12. The largest absolute Gasteiger partial charge is 0.338 e. The molecule has 2 aliphatic rings. The number of hydrogen-bond donors (Lipinski definition) is 0. The molecular formula is C15H20FN3O. The summed E-state index contributed by atoms with van der Waals surface area (Å²) in [6.07, 6.45) is 4.93. The molecule has 1 aromatic heterocycles. The fourth-order valence-electron chi connectivity index (χ4n) is 3.91. The summed E-state index contributed by atoms with van der Waals surface area (Å²) in [5.74, 6) is 0.525. The number of fused-ring (bicyclic) bond motifs is 2. The SMILES string of the molecule is CN(C)C1[C@@H]2CC[C@H]1CN(C(=O)c1cncc(F)c1)C2. The van der Waals surface area contributed by atoms with Crippen molar-refractivity contribution in [3.63, 3.8) is 0 Å². The molecule has 1 aliphatic heterocycles. The first-order valence-electron chi connectivity index (χ1n) is 7.12. The molecule has 2 fully saturated rings. The highest BCUT2D eigenvalue weighted by Crippen LogP contribution is 2.39. The molecule has 1 saturated carbocycles. The van der Waals surface area contributed by atoms with E-state index in [0.717, 1.165) is 19.3 Å². The van der Waals surface area contributed by atoms with Gasteiger partial charge in [-0.15, -0.1) is 0 Å². The minimum absolute atomic E-state index is 0.0916. The maximum atomic E-state index is 13.2. The van der Waals surface area contributed by atoms with Gasteiger partial charge in [-0.3, -0.25) is 9.78 Å². The van der Waals surface area contributed by atoms with Crippen LogP contribution < -0.4 is 0 Å². The van der Waals surface area contributed by atoms with Crippen LogP contribution in [0, 0.1) is 17.7 Å². The minimum atomic E-state index is -0.456. The van der Waals surface area contributed by atoms with E-state index in [-0.39, 0.29) is 5.91 Å². The van der Waals surface area contributed by atoms with Gasteiger partial charge in [0.1, 0.15) is 5.82 Å². The van der Waals surface area contributed by atoms with Crippen LogP contribution in [-0.4, -0.2) is 53.9 Å². The normalized spacial score (nSPS) is 29.0. The van der Waals surface area contributed by atoms with E-state index in [1.165, 1.54) is 25.1 Å². The van der Waals surface area contributed by atoms with Crippen LogP contribution in [0.3, 0.4) is 0 Å². The number of aromatic nitrogens is 1. The molecule has 2 bridgehead atoms. The molecule has 2 heterocycles. The van der Waals surface area contributed by atoms with E-state index in [4.69, 9.17) is 0 Å². The lowest BCUT2D eigenvalue weighted by Gasteiger charge is -2.41. The number of likely N-dealkylation sites (tertiary alicyclic amines) is 1. The summed E-state index contributed by atoms with van der Waals surface area (Å²) in [6, 6.07) is 1.85. The van der Waals surface area contributed by atoms with Crippen LogP contribution in [0.1, 0.15) is 23.2 Å². The highest BCUT2D eigenvalue weighted by atomic mass is 19.1. The third kappa shape index (κ3) is 2.30. The van der Waals surface area contributed by atoms with Crippen molar-refractivity contribution in [3.05, 3.63) is 29.8 Å². The fraction of sp³-hybridized carbons (Fsp3) is 0.600. The van der Waals surface area contributed by atoms with E-state index in [9.17, 15) is 9.18 Å². The Morgan fingerprint density at radius 1 is 1.30 bits per heavy atom. The predicted octanol–water partition coefficient (Wildman–Crippen LogP) is 1.63. The van der Waals surface area contributed by atoms with Gasteiger partial charge in [-0.05, 0) is 44.8 Å². The average Bonchev–Trinajstić information content (AvgIpc) is 2.69. The van der Waals surface area contributed by atoms with Gasteiger partial charge < -0.3 is 9.80 Å². The van der Waals surface area contributed by atoms with Gasteiger partial charge in [-0.1, -0.05) is 0 Å². The topological polar surface area (TPSA) is 36.4 Å². The molecule has 0 aromatic carbocycles. The molecule has 1 saturated heterocycles. The van der Waals surface area contributed by atoms with Gasteiger partial charge in [0.2, 0.25) is 0 Å². The van der Waals surface area contributed by atoms with Crippen LogP contribution in [0.4, 0.5) is 4.39 Å². The van der Waals surface area contributed by atoms with Crippen molar-refractivity contribution in [2.24, 2.45) is 11.8 Å². The third-order valence-corrected chi connectivity index (χ3v) is 4.62. The first kappa shape index (κ1) is 13.5. The van der Waals surface area contributed by atoms with Gasteiger partial charge in [-0.2, -0.15) is 0 Å². The maximum Gasteiger partial charge on any atom is 0.255 e. The zero-order chi connectivity index (χ0) is 14.3. The number of hydrogen-bond acceptors (Lipinski definition) is 3. The van der Waals surface area contributed by atoms with Crippen LogP contribution in [0.2, 0.25) is 0 Å². The van der Waals surface area contributed by atoms with E-state index >= 15 is 0 Å². The average molecular weight is 277 g/mol. The molecule has 1 amide bonds. The number of rotatable bonds is 2. The Morgan fingerprint density at radius 2 is 1.95 bits per heavy atom. The van der Waals surface area contributed by atoms with Crippen LogP contribution >= 0.6 is 0 Å². The van der Waals surface area contributed by atoms with E-state index < -0.39 is 5.82 Å². The van der Waals surface area contributed by atoms with Gasteiger partial charge in [-0.25, -0.2) is 4.39 Å². The van der Waals surface area contributed by atoms with Crippen molar-refractivity contribution in [1.29, 1.82) is 0 Å². The summed E-state index contributed by atoms with van der Waals surface area (Å²) in [4.78, 5) is 20.4. The molecule has 20 heavy (non-hydrogen) atoms. The Kier molecular flexibility index (Phi) is 3.46. The zero-order valence-corrected chi connectivity index (χ0v) is 11.9. The van der Waals surface area contributed by atoms with Crippen LogP contribution in [0.25, 0.3) is 0 Å². The smallest absolute Gasteiger partial charge is 0.255 e. The number of carbonyl (C=O) groups excluding carboxylic acids is 1.